The summed E-state index contributed by atoms with van der Waals surface area (Å²) in [6, 6.07) is 7.92. The number of carboxylic acids is 2. The van der Waals surface area contributed by atoms with Gasteiger partial charge in [0.1, 0.15) is 30.2 Å². The number of carbonyl (C=O) groups excluding carboxylic acids is 8. The molecule has 0 radical (unpaired) electrons. The van der Waals surface area contributed by atoms with E-state index in [4.69, 9.17) is 10.8 Å². The number of hydrogen-bond donors (Lipinski definition) is 9. The molecule has 0 aliphatic carbocycles. The zero-order chi connectivity index (χ0) is 53.0. The van der Waals surface area contributed by atoms with Gasteiger partial charge in [-0.15, -0.1) is 0 Å². The summed E-state index contributed by atoms with van der Waals surface area (Å²) in [4.78, 5) is 136. The van der Waals surface area contributed by atoms with Crippen molar-refractivity contribution < 1.29 is 58.2 Å². The molecule has 0 spiro atoms. The quantitative estimate of drug-likeness (QED) is 0.0447. The maximum Gasteiger partial charge on any atom is 0.305 e. The fourth-order valence-electron chi connectivity index (χ4n) is 7.49. The fraction of sp³-hybridized carbons (Fsp3) is 0.500. The maximum absolute atomic E-state index is 14.7. The molecule has 71 heavy (non-hydrogen) atoms. The van der Waals surface area contributed by atoms with Gasteiger partial charge in [0.2, 0.25) is 41.2 Å². The lowest BCUT2D eigenvalue weighted by Gasteiger charge is -2.34. The van der Waals surface area contributed by atoms with E-state index in [1.54, 1.807) is 62.7 Å². The van der Waals surface area contributed by atoms with Gasteiger partial charge in [-0.3, -0.25) is 47.9 Å². The number of aromatic nitrogens is 2. The van der Waals surface area contributed by atoms with E-state index in [0.717, 1.165) is 11.1 Å². The smallest absolute Gasteiger partial charge is 0.305 e. The number of amides is 7. The highest BCUT2D eigenvalue weighted by Gasteiger charge is 2.39. The molecule has 0 aliphatic heterocycles. The molecule has 0 saturated heterocycles. The third kappa shape index (κ3) is 19.8. The van der Waals surface area contributed by atoms with Crippen molar-refractivity contribution in [3.63, 3.8) is 0 Å². The van der Waals surface area contributed by atoms with Gasteiger partial charge in [-0.1, -0.05) is 109 Å². The molecule has 21 nitrogen and oxygen atoms in total. The molecule has 6 atom stereocenters. The number of primary amides is 1. The second-order valence-corrected chi connectivity index (χ2v) is 19.0. The maximum atomic E-state index is 14.7. The fourth-order valence-corrected chi connectivity index (χ4v) is 7.49. The van der Waals surface area contributed by atoms with E-state index in [9.17, 15) is 53.1 Å². The Kier molecular flexibility index (Phi) is 22.5. The van der Waals surface area contributed by atoms with Crippen LogP contribution in [0.5, 0.6) is 0 Å². The van der Waals surface area contributed by atoms with Crippen molar-refractivity contribution in [3.8, 4) is 0 Å². The van der Waals surface area contributed by atoms with Gasteiger partial charge in [-0.05, 0) is 47.8 Å². The standard InChI is InChI=1S/C50H69N9O12/c1-8-9-19-34(42(65)44(51)66)54-45(67)35(22-29(2)3)57-49(71)43(50(5,6)7)58-48(70)36(23-32-18-14-13-15-30(32)4)55-46(68)37(24-33-27-59(28-52-33)26-31-16-11-10-12-17-31)56-47(69)38(25-41(63)64)53-39(60)20-21-40(61)62/h10-18,27-29,34-38,43H,8-9,19-26H2,1-7H3,(H2,51,66)(H,53,60)(H,54,67)(H,55,68)(H,56,69)(H,57,71)(H,58,70)(H,61,62)(H,63,64)/t34?,35-,36-,37-,38-,43+/m0/s1. The number of Topliss-reactive ketones (excluding diaryl/α,β-unsaturated/α-hetero) is 1. The highest BCUT2D eigenvalue weighted by atomic mass is 16.4. The molecule has 0 saturated carbocycles. The van der Waals surface area contributed by atoms with Crippen LogP contribution in [-0.2, 0) is 67.3 Å². The van der Waals surface area contributed by atoms with Crippen molar-refractivity contribution in [2.45, 2.75) is 149 Å². The Morgan fingerprint density at radius 3 is 1.82 bits per heavy atom. The Morgan fingerprint density at radius 2 is 1.24 bits per heavy atom. The second-order valence-electron chi connectivity index (χ2n) is 19.0. The highest BCUT2D eigenvalue weighted by Crippen LogP contribution is 2.21. The Labute approximate surface area is 413 Å². The number of nitrogens with one attached hydrogen (secondary N) is 6. The molecule has 386 valence electrons. The van der Waals surface area contributed by atoms with E-state index in [1.807, 2.05) is 51.1 Å². The van der Waals surface area contributed by atoms with Crippen LogP contribution < -0.4 is 37.6 Å². The lowest BCUT2D eigenvalue weighted by molar-refractivity contribution is -0.142. The van der Waals surface area contributed by atoms with E-state index in [1.165, 1.54) is 6.33 Å². The molecule has 3 aromatic rings. The summed E-state index contributed by atoms with van der Waals surface area (Å²) >= 11 is 0. The minimum atomic E-state index is -1.75. The van der Waals surface area contributed by atoms with Crippen molar-refractivity contribution >= 4 is 59.1 Å². The zero-order valence-corrected chi connectivity index (χ0v) is 41.4. The number of rotatable bonds is 29. The number of unbranched alkanes of at least 4 members (excludes halogenated alkanes) is 1. The van der Waals surface area contributed by atoms with Gasteiger partial charge >= 0.3 is 11.9 Å². The minimum Gasteiger partial charge on any atom is -0.481 e. The van der Waals surface area contributed by atoms with Crippen LogP contribution >= 0.6 is 0 Å². The number of imidazole rings is 1. The van der Waals surface area contributed by atoms with Crippen LogP contribution in [0.15, 0.2) is 67.1 Å². The number of aryl methyl sites for hydroxylation is 1. The highest BCUT2D eigenvalue weighted by molar-refractivity contribution is 6.37. The van der Waals surface area contributed by atoms with Gasteiger partial charge < -0.3 is 52.4 Å². The number of carboxylic acid groups (broad SMARTS) is 2. The van der Waals surface area contributed by atoms with Crippen molar-refractivity contribution in [1.82, 2.24) is 41.5 Å². The summed E-state index contributed by atoms with van der Waals surface area (Å²) in [5.74, 6) is -10.4. The van der Waals surface area contributed by atoms with Crippen LogP contribution in [0, 0.1) is 18.3 Å². The normalized spacial score (nSPS) is 13.8. The third-order valence-corrected chi connectivity index (χ3v) is 11.3. The molecular formula is C50H69N9O12. The largest absolute Gasteiger partial charge is 0.481 e. The number of ketones is 1. The molecule has 0 aliphatic rings. The molecule has 2 aromatic carbocycles. The molecule has 3 rings (SSSR count). The number of nitrogens with two attached hydrogens (primary N) is 1. The molecule has 1 unspecified atom stereocenters. The first-order chi connectivity index (χ1) is 33.4. The molecule has 1 heterocycles. The topological polar surface area (TPSA) is 327 Å². The Bertz CT molecular complexity index is 2360. The molecular weight excluding hydrogens is 919 g/mol. The van der Waals surface area contributed by atoms with Crippen LogP contribution in [0.25, 0.3) is 0 Å². The van der Waals surface area contributed by atoms with Crippen LogP contribution in [0.1, 0.15) is 109 Å². The van der Waals surface area contributed by atoms with Crippen molar-refractivity contribution in [3.05, 3.63) is 89.5 Å². The number of benzene rings is 2. The summed E-state index contributed by atoms with van der Waals surface area (Å²) in [5, 5.41) is 34.3. The monoisotopic (exact) mass is 988 g/mol. The summed E-state index contributed by atoms with van der Waals surface area (Å²) < 4.78 is 1.74. The molecule has 0 fully saturated rings. The minimum absolute atomic E-state index is 0.108. The summed E-state index contributed by atoms with van der Waals surface area (Å²) in [6.07, 6.45) is 2.05. The van der Waals surface area contributed by atoms with E-state index in [2.05, 4.69) is 36.9 Å². The average Bonchev–Trinajstić information content (AvgIpc) is 3.73. The van der Waals surface area contributed by atoms with Crippen LogP contribution in [0.4, 0.5) is 0 Å². The molecule has 0 bridgehead atoms. The number of carbonyl (C=O) groups is 10. The van der Waals surface area contributed by atoms with E-state index in [0.29, 0.717) is 30.6 Å². The van der Waals surface area contributed by atoms with Gasteiger partial charge in [0, 0.05) is 32.0 Å². The van der Waals surface area contributed by atoms with Crippen LogP contribution in [-0.4, -0.2) is 115 Å². The number of hydrogen-bond acceptors (Lipinski definition) is 11. The molecule has 21 heteroatoms. The van der Waals surface area contributed by atoms with Gasteiger partial charge in [0.25, 0.3) is 5.91 Å². The van der Waals surface area contributed by atoms with E-state index in [-0.39, 0.29) is 31.6 Å². The van der Waals surface area contributed by atoms with Crippen LogP contribution in [0.2, 0.25) is 0 Å². The number of nitrogens with zero attached hydrogens (tertiary/aromatic N) is 2. The molecule has 7 amide bonds. The first-order valence-electron chi connectivity index (χ1n) is 23.6. The van der Waals surface area contributed by atoms with Gasteiger partial charge in [0.05, 0.1) is 30.9 Å². The summed E-state index contributed by atoms with van der Waals surface area (Å²) in [5.41, 5.74) is 6.88. The number of aliphatic carboxylic acids is 2. The lowest BCUT2D eigenvalue weighted by atomic mass is 9.85. The average molecular weight is 988 g/mol. The Balaban J connectivity index is 2.03. The predicted molar refractivity (Wildman–Crippen MR) is 260 cm³/mol. The van der Waals surface area contributed by atoms with Gasteiger partial charge in [0.15, 0.2) is 0 Å². The zero-order valence-electron chi connectivity index (χ0n) is 41.4. The SMILES string of the molecule is CCCCC(NC(=O)[C@H](CC(C)C)NC(=O)[C@@H](NC(=O)[C@H](Cc1ccccc1C)NC(=O)[C@H](Cc1cn(Cc2ccccc2)cn1)NC(=O)[C@H](CC(=O)O)NC(=O)CCC(=O)O)C(C)(C)C)C(=O)C(N)=O. The first-order valence-corrected chi connectivity index (χ1v) is 23.6. The van der Waals surface area contributed by atoms with E-state index < -0.39 is 120 Å². The Morgan fingerprint density at radius 1 is 0.676 bits per heavy atom. The van der Waals surface area contributed by atoms with E-state index >= 15 is 0 Å². The summed E-state index contributed by atoms with van der Waals surface area (Å²) in [7, 11) is 0. The Hall–Kier alpha value is -7.45. The van der Waals surface area contributed by atoms with Crippen molar-refractivity contribution in [1.29, 1.82) is 0 Å². The third-order valence-electron chi connectivity index (χ3n) is 11.3. The summed E-state index contributed by atoms with van der Waals surface area (Å²) in [6.45, 7) is 12.7. The second kappa shape index (κ2) is 27.7. The molecule has 1 aromatic heterocycles. The van der Waals surface area contributed by atoms with Gasteiger partial charge in [-0.2, -0.15) is 0 Å². The predicted octanol–water partition coefficient (Wildman–Crippen LogP) is 1.61. The van der Waals surface area contributed by atoms with Gasteiger partial charge in [-0.25, -0.2) is 4.98 Å². The van der Waals surface area contributed by atoms with Crippen LogP contribution in [0.3, 0.4) is 0 Å². The van der Waals surface area contributed by atoms with Crippen molar-refractivity contribution in [2.75, 3.05) is 0 Å². The molecule has 10 N–H and O–H groups in total. The lowest BCUT2D eigenvalue weighted by Crippen LogP contribution is -2.62. The van der Waals surface area contributed by atoms with Crippen molar-refractivity contribution in [2.24, 2.45) is 17.1 Å². The first kappa shape index (κ1) is 57.9.